The summed E-state index contributed by atoms with van der Waals surface area (Å²) in [4.78, 5) is 12.7. The normalized spacial score (nSPS) is 23.8. The number of aliphatic hydroxyl groups excluding tert-OH is 2. The molecule has 5 heteroatoms. The van der Waals surface area contributed by atoms with Gasteiger partial charge in [-0.1, -0.05) is 30.3 Å². The van der Waals surface area contributed by atoms with Gasteiger partial charge in [0.2, 0.25) is 0 Å². The topological polar surface area (TPSA) is 70.0 Å². The van der Waals surface area contributed by atoms with Gasteiger partial charge in [0.05, 0.1) is 0 Å². The average Bonchev–Trinajstić information content (AvgIpc) is 2.69. The molecule has 92 valence electrons. The number of carbonyl (C=O) groups is 1. The highest BCUT2D eigenvalue weighted by molar-refractivity contribution is 5.68. The minimum Gasteiger partial charge on any atom is -0.444 e. The fourth-order valence-corrected chi connectivity index (χ4v) is 1.76. The summed E-state index contributed by atoms with van der Waals surface area (Å²) < 4.78 is 5.05. The van der Waals surface area contributed by atoms with E-state index in [9.17, 15) is 15.0 Å². The summed E-state index contributed by atoms with van der Waals surface area (Å²) in [5, 5.41) is 18.8. The molecule has 1 fully saturated rings. The predicted octanol–water partition coefficient (Wildman–Crippen LogP) is 0.708. The maximum Gasteiger partial charge on any atom is 0.412 e. The Labute approximate surface area is 99.2 Å². The molecule has 0 bridgehead atoms. The van der Waals surface area contributed by atoms with E-state index in [1.165, 1.54) is 0 Å². The molecule has 1 aromatic carbocycles. The minimum absolute atomic E-state index is 0.166. The summed E-state index contributed by atoms with van der Waals surface area (Å²) in [6.45, 7) is 0.481. The Hall–Kier alpha value is -1.59. The largest absolute Gasteiger partial charge is 0.444 e. The Morgan fingerprint density at radius 1 is 1.35 bits per heavy atom. The Kier molecular flexibility index (Phi) is 3.61. The van der Waals surface area contributed by atoms with Crippen molar-refractivity contribution in [2.75, 3.05) is 6.54 Å². The van der Waals surface area contributed by atoms with Crippen molar-refractivity contribution in [3.63, 3.8) is 0 Å². The number of rotatable bonds is 2. The third kappa shape index (κ3) is 2.75. The van der Waals surface area contributed by atoms with E-state index in [-0.39, 0.29) is 6.61 Å². The molecule has 0 aliphatic carbocycles. The number of hydrogen-bond donors (Lipinski definition) is 2. The molecule has 1 amide bonds. The molecular formula is C12H15NO4. The van der Waals surface area contributed by atoms with Crippen molar-refractivity contribution in [1.29, 1.82) is 0 Å². The molecular weight excluding hydrogens is 222 g/mol. The van der Waals surface area contributed by atoms with Crippen LogP contribution in [0, 0.1) is 0 Å². The standard InChI is InChI=1S/C12H15NO4/c14-10-6-7-13(11(10)15)12(16)17-8-9-4-2-1-3-5-9/h1-5,10-11,14-15H,6-8H2/t10-,11+/m1/s1. The van der Waals surface area contributed by atoms with Crippen molar-refractivity contribution in [3.05, 3.63) is 35.9 Å². The summed E-state index contributed by atoms with van der Waals surface area (Å²) in [5.41, 5.74) is 0.884. The highest BCUT2D eigenvalue weighted by atomic mass is 16.6. The van der Waals surface area contributed by atoms with E-state index < -0.39 is 18.4 Å². The number of ether oxygens (including phenoxy) is 1. The van der Waals surface area contributed by atoms with E-state index in [1.807, 2.05) is 30.3 Å². The van der Waals surface area contributed by atoms with Crippen LogP contribution in [0.3, 0.4) is 0 Å². The molecule has 0 aromatic heterocycles. The number of nitrogens with zero attached hydrogens (tertiary/aromatic N) is 1. The van der Waals surface area contributed by atoms with Crippen LogP contribution in [0.1, 0.15) is 12.0 Å². The Balaban J connectivity index is 1.86. The third-order valence-electron chi connectivity index (χ3n) is 2.77. The van der Waals surface area contributed by atoms with E-state index in [0.29, 0.717) is 13.0 Å². The molecule has 1 saturated heterocycles. The van der Waals surface area contributed by atoms with Crippen LogP contribution < -0.4 is 0 Å². The number of aliphatic hydroxyl groups is 2. The van der Waals surface area contributed by atoms with Crippen molar-refractivity contribution in [1.82, 2.24) is 4.90 Å². The first-order valence-electron chi connectivity index (χ1n) is 5.52. The van der Waals surface area contributed by atoms with Gasteiger partial charge in [-0.3, -0.25) is 4.90 Å². The Morgan fingerprint density at radius 2 is 2.06 bits per heavy atom. The fraction of sp³-hybridized carbons (Fsp3) is 0.417. The van der Waals surface area contributed by atoms with Crippen LogP contribution in [0.2, 0.25) is 0 Å². The maximum atomic E-state index is 11.6. The van der Waals surface area contributed by atoms with Crippen LogP contribution in [0.5, 0.6) is 0 Å². The quantitative estimate of drug-likeness (QED) is 0.794. The van der Waals surface area contributed by atoms with E-state index in [2.05, 4.69) is 0 Å². The lowest BCUT2D eigenvalue weighted by atomic mass is 10.2. The lowest BCUT2D eigenvalue weighted by Crippen LogP contribution is -2.39. The summed E-state index contributed by atoms with van der Waals surface area (Å²) in [7, 11) is 0. The van der Waals surface area contributed by atoms with Crippen LogP contribution in [0.4, 0.5) is 4.79 Å². The molecule has 2 rings (SSSR count). The van der Waals surface area contributed by atoms with E-state index in [0.717, 1.165) is 10.5 Å². The summed E-state index contributed by atoms with van der Waals surface area (Å²) in [6.07, 6.45) is -2.25. The van der Waals surface area contributed by atoms with Gasteiger partial charge in [-0.05, 0) is 12.0 Å². The zero-order chi connectivity index (χ0) is 12.3. The third-order valence-corrected chi connectivity index (χ3v) is 2.77. The monoisotopic (exact) mass is 237 g/mol. The van der Waals surface area contributed by atoms with Crippen LogP contribution in [0.25, 0.3) is 0 Å². The first-order valence-corrected chi connectivity index (χ1v) is 5.52. The molecule has 0 unspecified atom stereocenters. The zero-order valence-corrected chi connectivity index (χ0v) is 9.32. The molecule has 17 heavy (non-hydrogen) atoms. The molecule has 1 aliphatic rings. The predicted molar refractivity (Wildman–Crippen MR) is 60.0 cm³/mol. The van der Waals surface area contributed by atoms with Gasteiger partial charge in [-0.15, -0.1) is 0 Å². The second-order valence-corrected chi connectivity index (χ2v) is 4.00. The molecule has 0 radical (unpaired) electrons. The number of benzene rings is 1. The van der Waals surface area contributed by atoms with Crippen molar-refractivity contribution in [3.8, 4) is 0 Å². The van der Waals surface area contributed by atoms with E-state index in [4.69, 9.17) is 4.74 Å². The molecule has 2 atom stereocenters. The molecule has 2 N–H and O–H groups in total. The minimum atomic E-state index is -1.15. The summed E-state index contributed by atoms with van der Waals surface area (Å²) >= 11 is 0. The average molecular weight is 237 g/mol. The van der Waals surface area contributed by atoms with Crippen molar-refractivity contribution >= 4 is 6.09 Å². The van der Waals surface area contributed by atoms with Gasteiger partial charge in [0.15, 0.2) is 6.23 Å². The zero-order valence-electron chi connectivity index (χ0n) is 9.32. The Morgan fingerprint density at radius 3 is 2.65 bits per heavy atom. The van der Waals surface area contributed by atoms with Crippen molar-refractivity contribution in [2.24, 2.45) is 0 Å². The first kappa shape index (κ1) is 11.9. The lowest BCUT2D eigenvalue weighted by molar-refractivity contribution is -0.0340. The number of carbonyl (C=O) groups excluding carboxylic acids is 1. The second-order valence-electron chi connectivity index (χ2n) is 4.00. The van der Waals surface area contributed by atoms with Crippen molar-refractivity contribution in [2.45, 2.75) is 25.4 Å². The van der Waals surface area contributed by atoms with Crippen molar-refractivity contribution < 1.29 is 19.7 Å². The van der Waals surface area contributed by atoms with Gasteiger partial charge < -0.3 is 14.9 Å². The SMILES string of the molecule is O=C(OCc1ccccc1)N1CC[C@@H](O)[C@@H]1O. The fourth-order valence-electron chi connectivity index (χ4n) is 1.76. The lowest BCUT2D eigenvalue weighted by Gasteiger charge is -2.20. The first-order chi connectivity index (χ1) is 8.18. The molecule has 0 saturated carbocycles. The van der Waals surface area contributed by atoms with E-state index >= 15 is 0 Å². The summed E-state index contributed by atoms with van der Waals surface area (Å²) in [5.74, 6) is 0. The van der Waals surface area contributed by atoms with Crippen LogP contribution in [-0.4, -0.2) is 40.1 Å². The van der Waals surface area contributed by atoms with Gasteiger partial charge >= 0.3 is 6.09 Å². The molecule has 1 aliphatic heterocycles. The highest BCUT2D eigenvalue weighted by Crippen LogP contribution is 2.17. The van der Waals surface area contributed by atoms with Gasteiger partial charge in [0, 0.05) is 6.54 Å². The van der Waals surface area contributed by atoms with Gasteiger partial charge in [0.25, 0.3) is 0 Å². The Bertz CT molecular complexity index is 381. The van der Waals surface area contributed by atoms with Crippen LogP contribution in [-0.2, 0) is 11.3 Å². The molecule has 5 nitrogen and oxygen atoms in total. The molecule has 1 aromatic rings. The molecule has 1 heterocycles. The van der Waals surface area contributed by atoms with E-state index in [1.54, 1.807) is 0 Å². The maximum absolute atomic E-state index is 11.6. The highest BCUT2D eigenvalue weighted by Gasteiger charge is 2.35. The number of likely N-dealkylation sites (tertiary alicyclic amines) is 1. The van der Waals surface area contributed by atoms with Gasteiger partial charge in [-0.25, -0.2) is 4.79 Å². The number of hydrogen-bond acceptors (Lipinski definition) is 4. The smallest absolute Gasteiger partial charge is 0.412 e. The van der Waals surface area contributed by atoms with Crippen LogP contribution in [0.15, 0.2) is 30.3 Å². The second kappa shape index (κ2) is 5.16. The van der Waals surface area contributed by atoms with Crippen LogP contribution >= 0.6 is 0 Å². The van der Waals surface area contributed by atoms with Gasteiger partial charge in [0.1, 0.15) is 12.7 Å². The number of amides is 1. The van der Waals surface area contributed by atoms with Gasteiger partial charge in [-0.2, -0.15) is 0 Å². The summed E-state index contributed by atoms with van der Waals surface area (Å²) in [6, 6.07) is 9.30. The molecule has 0 spiro atoms.